The average molecular weight is 417 g/mol. The summed E-state index contributed by atoms with van der Waals surface area (Å²) >= 11 is 0. The summed E-state index contributed by atoms with van der Waals surface area (Å²) in [7, 11) is -3.66. The van der Waals surface area contributed by atoms with Gasteiger partial charge in [0.2, 0.25) is 0 Å². The van der Waals surface area contributed by atoms with E-state index in [2.05, 4.69) is 41.9 Å². The van der Waals surface area contributed by atoms with Gasteiger partial charge in [-0.05, 0) is 19.1 Å². The Bertz CT molecular complexity index is 855. The maximum atomic E-state index is 11.6. The lowest BCUT2D eigenvalue weighted by Crippen LogP contribution is -2.06. The van der Waals surface area contributed by atoms with Crippen molar-refractivity contribution in [2.24, 2.45) is 0 Å². The first kappa shape index (κ1) is 28.5. The first-order chi connectivity index (χ1) is 13.9. The summed E-state index contributed by atoms with van der Waals surface area (Å²) < 4.78 is 28.0. The highest BCUT2D eigenvalue weighted by atomic mass is 32.2. The molecule has 0 saturated heterocycles. The van der Waals surface area contributed by atoms with Gasteiger partial charge in [-0.15, -0.1) is 18.3 Å². The maximum Gasteiger partial charge on any atom is 0.297 e. The van der Waals surface area contributed by atoms with Gasteiger partial charge < -0.3 is 10.2 Å². The number of hydrogen-bond donors (Lipinski definition) is 2. The zero-order valence-corrected chi connectivity index (χ0v) is 18.0. The van der Waals surface area contributed by atoms with Gasteiger partial charge in [0.1, 0.15) is 19.8 Å². The third-order valence-corrected chi connectivity index (χ3v) is 3.95. The predicted molar refractivity (Wildman–Crippen MR) is 116 cm³/mol. The van der Waals surface area contributed by atoms with Crippen molar-refractivity contribution in [3.8, 4) is 47.9 Å². The van der Waals surface area contributed by atoms with Gasteiger partial charge in [0, 0.05) is 12.8 Å². The fourth-order valence-corrected chi connectivity index (χ4v) is 2.23. The number of rotatable bonds is 3. The van der Waals surface area contributed by atoms with Crippen LogP contribution in [0.2, 0.25) is 0 Å². The van der Waals surface area contributed by atoms with Gasteiger partial charge in [0.25, 0.3) is 10.1 Å². The Balaban J connectivity index is 0. The molecule has 0 bridgehead atoms. The van der Waals surface area contributed by atoms with Crippen LogP contribution in [-0.4, -0.2) is 38.5 Å². The minimum atomic E-state index is -3.66. The zero-order chi connectivity index (χ0) is 22.4. The molecule has 1 aromatic carbocycles. The molecule has 0 radical (unpaired) electrons. The Morgan fingerprint density at radius 1 is 0.897 bits per heavy atom. The maximum absolute atomic E-state index is 11.6. The molecule has 0 fully saturated rings. The quantitative estimate of drug-likeness (QED) is 0.584. The molecule has 5 nitrogen and oxygen atoms in total. The van der Waals surface area contributed by atoms with Crippen LogP contribution in [0.5, 0.6) is 0 Å². The van der Waals surface area contributed by atoms with E-state index in [4.69, 9.17) is 14.4 Å². The molecule has 0 aliphatic carbocycles. The second-order valence-corrected chi connectivity index (χ2v) is 6.61. The Kier molecular flexibility index (Phi) is 19.7. The van der Waals surface area contributed by atoms with E-state index in [-0.39, 0.29) is 24.7 Å². The van der Waals surface area contributed by atoms with Crippen LogP contribution in [0.4, 0.5) is 0 Å². The number of terminal acetylenes is 1. The molecule has 29 heavy (non-hydrogen) atoms. The lowest BCUT2D eigenvalue weighted by atomic mass is 10.2. The smallest absolute Gasteiger partial charge is 0.297 e. The molecule has 0 aromatic heterocycles. The van der Waals surface area contributed by atoms with Crippen molar-refractivity contribution in [1.29, 1.82) is 0 Å². The second kappa shape index (κ2) is 20.0. The van der Waals surface area contributed by atoms with Gasteiger partial charge in [-0.2, -0.15) is 8.42 Å². The first-order valence-electron chi connectivity index (χ1n) is 8.87. The van der Waals surface area contributed by atoms with Crippen molar-refractivity contribution in [1.82, 2.24) is 0 Å². The van der Waals surface area contributed by atoms with E-state index >= 15 is 0 Å². The van der Waals surface area contributed by atoms with Gasteiger partial charge >= 0.3 is 0 Å². The van der Waals surface area contributed by atoms with Crippen LogP contribution in [0.3, 0.4) is 0 Å². The highest BCUT2D eigenvalue weighted by Gasteiger charge is 2.13. The summed E-state index contributed by atoms with van der Waals surface area (Å²) in [6.07, 6.45) is 6.67. The molecule has 1 aromatic rings. The molecule has 6 heteroatoms. The van der Waals surface area contributed by atoms with Crippen molar-refractivity contribution in [2.45, 2.75) is 44.9 Å². The number of benzene rings is 1. The molecule has 1 rings (SSSR count). The lowest BCUT2D eigenvalue weighted by Gasteiger charge is -2.02. The number of aryl methyl sites for hydroxylation is 1. The molecule has 0 unspecified atom stereocenters. The van der Waals surface area contributed by atoms with E-state index in [1.807, 2.05) is 26.7 Å². The van der Waals surface area contributed by atoms with E-state index in [0.717, 1.165) is 12.0 Å². The van der Waals surface area contributed by atoms with Gasteiger partial charge in [-0.3, -0.25) is 4.18 Å². The van der Waals surface area contributed by atoms with Crippen LogP contribution in [0, 0.1) is 54.8 Å². The fourth-order valence-electron chi connectivity index (χ4n) is 1.41. The largest absolute Gasteiger partial charge is 0.384 e. The van der Waals surface area contributed by atoms with Crippen molar-refractivity contribution in [3.63, 3.8) is 0 Å². The molecule has 0 spiro atoms. The van der Waals surface area contributed by atoms with Gasteiger partial charge in [-0.1, -0.05) is 61.1 Å². The van der Waals surface area contributed by atoms with Gasteiger partial charge in [-0.25, -0.2) is 0 Å². The zero-order valence-electron chi connectivity index (χ0n) is 17.2. The van der Waals surface area contributed by atoms with Crippen LogP contribution in [0.25, 0.3) is 0 Å². The first-order valence-corrected chi connectivity index (χ1v) is 10.3. The van der Waals surface area contributed by atoms with Crippen LogP contribution in [0.15, 0.2) is 29.2 Å². The molecule has 0 atom stereocenters. The summed E-state index contributed by atoms with van der Waals surface area (Å²) in [4.78, 5) is 0.163. The van der Waals surface area contributed by atoms with Crippen molar-refractivity contribution < 1.29 is 22.8 Å². The standard InChI is InChI=1S/C12H14O3S.C8H10O.C3H4O/c1-3-4-5-10-15-16(13,14)12-8-6-11(2)7-9-12;1-2-3-4-5-6-7-8-9;1-2-3-4/h6-9H,3,10H2,1-2H3;9H,2,5,8H2,1H3;1,4H,3H2. The Morgan fingerprint density at radius 2 is 1.41 bits per heavy atom. The SMILES string of the molecule is C#CCO.CCC#CCC#CCO.CCC#CCOS(=O)(=O)c1ccc(C)cc1. The van der Waals surface area contributed by atoms with E-state index in [9.17, 15) is 8.42 Å². The summed E-state index contributed by atoms with van der Waals surface area (Å²) in [5, 5.41) is 15.8. The monoisotopic (exact) mass is 416 g/mol. The molecule has 0 saturated carbocycles. The molecule has 0 aliphatic rings. The second-order valence-electron chi connectivity index (χ2n) is 4.99. The van der Waals surface area contributed by atoms with E-state index in [1.165, 1.54) is 12.1 Å². The number of aliphatic hydroxyl groups excluding tert-OH is 2. The van der Waals surface area contributed by atoms with E-state index in [0.29, 0.717) is 12.8 Å². The molecule has 2 N–H and O–H groups in total. The van der Waals surface area contributed by atoms with Crippen LogP contribution in [0.1, 0.15) is 38.7 Å². The fraction of sp³-hybridized carbons (Fsp3) is 0.391. The van der Waals surface area contributed by atoms with Crippen molar-refractivity contribution >= 4 is 10.1 Å². The lowest BCUT2D eigenvalue weighted by molar-refractivity contribution is 0.350. The highest BCUT2D eigenvalue weighted by molar-refractivity contribution is 7.86. The Hall–Kier alpha value is -2.71. The summed E-state index contributed by atoms with van der Waals surface area (Å²) in [6, 6.07) is 6.51. The molecule has 0 amide bonds. The van der Waals surface area contributed by atoms with Crippen LogP contribution < -0.4 is 0 Å². The van der Waals surface area contributed by atoms with Crippen LogP contribution in [-0.2, 0) is 14.3 Å². The molecular formula is C23H28O5S. The third-order valence-electron chi connectivity index (χ3n) is 2.67. The Labute approximate surface area is 175 Å². The number of aliphatic hydroxyl groups is 2. The molecular weight excluding hydrogens is 388 g/mol. The average Bonchev–Trinajstić information content (AvgIpc) is 2.72. The summed E-state index contributed by atoms with van der Waals surface area (Å²) in [5.41, 5.74) is 1.00. The van der Waals surface area contributed by atoms with E-state index in [1.54, 1.807) is 12.1 Å². The van der Waals surface area contributed by atoms with Gasteiger partial charge in [0.15, 0.2) is 0 Å². The summed E-state index contributed by atoms with van der Waals surface area (Å²) in [5.74, 6) is 18.3. The summed E-state index contributed by atoms with van der Waals surface area (Å²) in [6.45, 7) is 5.47. The third kappa shape index (κ3) is 18.4. The molecule has 156 valence electrons. The number of hydrogen-bond acceptors (Lipinski definition) is 5. The van der Waals surface area contributed by atoms with E-state index < -0.39 is 10.1 Å². The predicted octanol–water partition coefficient (Wildman–Crippen LogP) is 2.51. The Morgan fingerprint density at radius 3 is 1.90 bits per heavy atom. The normalized spacial score (nSPS) is 8.55. The highest BCUT2D eigenvalue weighted by Crippen LogP contribution is 2.12. The van der Waals surface area contributed by atoms with Crippen LogP contribution >= 0.6 is 0 Å². The van der Waals surface area contributed by atoms with Gasteiger partial charge in [0.05, 0.1) is 11.3 Å². The topological polar surface area (TPSA) is 83.8 Å². The minimum absolute atomic E-state index is 0.0617. The van der Waals surface area contributed by atoms with Crippen molar-refractivity contribution in [3.05, 3.63) is 29.8 Å². The molecule has 0 heterocycles. The minimum Gasteiger partial charge on any atom is -0.384 e. The van der Waals surface area contributed by atoms with Crippen molar-refractivity contribution in [2.75, 3.05) is 19.8 Å². The molecule has 0 aliphatic heterocycles.